The van der Waals surface area contributed by atoms with E-state index < -0.39 is 23.9 Å². The Morgan fingerprint density at radius 2 is 1.91 bits per heavy atom. The second-order valence-electron chi connectivity index (χ2n) is 5.35. The highest BCUT2D eigenvalue weighted by Gasteiger charge is 2.33. The summed E-state index contributed by atoms with van der Waals surface area (Å²) in [5.41, 5.74) is 0.325. The molecule has 0 aliphatic heterocycles. The predicted molar refractivity (Wildman–Crippen MR) is 71.0 cm³/mol. The molecule has 0 atom stereocenters. The normalized spacial score (nSPS) is 17.8. The molecule has 1 aromatic carbocycles. The molecule has 1 aromatic rings. The second-order valence-corrected chi connectivity index (χ2v) is 5.35. The first kappa shape index (κ1) is 16.6. The van der Waals surface area contributed by atoms with E-state index in [1.807, 2.05) is 0 Å². The molecule has 1 aliphatic carbocycles. The number of benzene rings is 1. The van der Waals surface area contributed by atoms with E-state index in [9.17, 15) is 23.1 Å². The van der Waals surface area contributed by atoms with Crippen molar-refractivity contribution in [3.8, 4) is 5.75 Å². The van der Waals surface area contributed by atoms with Gasteiger partial charge in [0, 0.05) is 12.8 Å². The molecule has 2 rings (SSSR count). The number of esters is 1. The SMILES string of the molecule is O=C(Cc1cccc(OC(F)(F)F)c1)OC1(O)CCCCC1. The van der Waals surface area contributed by atoms with Gasteiger partial charge in [0.25, 0.3) is 0 Å². The number of alkyl halides is 3. The van der Waals surface area contributed by atoms with Gasteiger partial charge in [-0.05, 0) is 30.5 Å². The first-order valence-corrected chi connectivity index (χ1v) is 7.05. The lowest BCUT2D eigenvalue weighted by molar-refractivity contribution is -0.274. The third-order valence-corrected chi connectivity index (χ3v) is 3.42. The summed E-state index contributed by atoms with van der Waals surface area (Å²) in [6.07, 6.45) is -1.70. The van der Waals surface area contributed by atoms with Crippen molar-refractivity contribution < 1.29 is 32.5 Å². The van der Waals surface area contributed by atoms with Crippen LogP contribution in [0.3, 0.4) is 0 Å². The van der Waals surface area contributed by atoms with E-state index in [4.69, 9.17) is 4.74 Å². The molecule has 0 radical (unpaired) electrons. The van der Waals surface area contributed by atoms with Crippen LogP contribution < -0.4 is 4.74 Å². The number of carbonyl (C=O) groups is 1. The van der Waals surface area contributed by atoms with Gasteiger partial charge in [-0.25, -0.2) is 0 Å². The Morgan fingerprint density at radius 3 is 2.55 bits per heavy atom. The topological polar surface area (TPSA) is 55.8 Å². The predicted octanol–water partition coefficient (Wildman–Crippen LogP) is 3.32. The minimum Gasteiger partial charge on any atom is -0.433 e. The minimum absolute atomic E-state index is 0.225. The van der Waals surface area contributed by atoms with Crippen molar-refractivity contribution in [1.82, 2.24) is 0 Å². The van der Waals surface area contributed by atoms with Crippen LogP contribution in [0.2, 0.25) is 0 Å². The van der Waals surface area contributed by atoms with Crippen molar-refractivity contribution in [2.45, 2.75) is 50.7 Å². The van der Waals surface area contributed by atoms with Crippen molar-refractivity contribution in [2.75, 3.05) is 0 Å². The van der Waals surface area contributed by atoms with Crippen LogP contribution in [0, 0.1) is 0 Å². The summed E-state index contributed by atoms with van der Waals surface area (Å²) in [5.74, 6) is -2.52. The Kier molecular flexibility index (Phi) is 4.95. The summed E-state index contributed by atoms with van der Waals surface area (Å²) < 4.78 is 45.3. The largest absolute Gasteiger partial charge is 0.573 e. The highest BCUT2D eigenvalue weighted by Crippen LogP contribution is 2.29. The van der Waals surface area contributed by atoms with Crippen LogP contribution in [0.15, 0.2) is 24.3 Å². The number of ether oxygens (including phenoxy) is 2. The summed E-state index contributed by atoms with van der Waals surface area (Å²) in [6, 6.07) is 5.13. The molecule has 7 heteroatoms. The van der Waals surface area contributed by atoms with Gasteiger partial charge in [0.05, 0.1) is 6.42 Å². The van der Waals surface area contributed by atoms with Gasteiger partial charge in [0.2, 0.25) is 5.79 Å². The van der Waals surface area contributed by atoms with E-state index >= 15 is 0 Å². The van der Waals surface area contributed by atoms with Crippen molar-refractivity contribution in [1.29, 1.82) is 0 Å². The quantitative estimate of drug-likeness (QED) is 0.683. The molecule has 0 aromatic heterocycles. The highest BCUT2D eigenvalue weighted by molar-refractivity contribution is 5.73. The van der Waals surface area contributed by atoms with Crippen LogP contribution in [-0.4, -0.2) is 23.2 Å². The Bertz CT molecular complexity index is 522. The van der Waals surface area contributed by atoms with E-state index in [1.165, 1.54) is 12.1 Å². The van der Waals surface area contributed by atoms with Crippen LogP contribution in [-0.2, 0) is 16.0 Å². The fourth-order valence-corrected chi connectivity index (χ4v) is 2.47. The van der Waals surface area contributed by atoms with E-state index in [-0.39, 0.29) is 6.42 Å². The molecule has 0 saturated heterocycles. The molecule has 0 amide bonds. The highest BCUT2D eigenvalue weighted by atomic mass is 19.4. The molecule has 0 spiro atoms. The summed E-state index contributed by atoms with van der Waals surface area (Å²) in [6.45, 7) is 0. The van der Waals surface area contributed by atoms with Crippen molar-refractivity contribution >= 4 is 5.97 Å². The van der Waals surface area contributed by atoms with Gasteiger partial charge in [0.1, 0.15) is 5.75 Å². The van der Waals surface area contributed by atoms with E-state index in [2.05, 4.69) is 4.74 Å². The smallest absolute Gasteiger partial charge is 0.433 e. The van der Waals surface area contributed by atoms with Crippen LogP contribution >= 0.6 is 0 Å². The third kappa shape index (κ3) is 5.22. The molecule has 122 valence electrons. The maximum Gasteiger partial charge on any atom is 0.573 e. The van der Waals surface area contributed by atoms with Crippen molar-refractivity contribution in [3.63, 3.8) is 0 Å². The van der Waals surface area contributed by atoms with E-state index in [0.29, 0.717) is 18.4 Å². The molecular weight excluding hydrogens is 301 g/mol. The number of hydrogen-bond donors (Lipinski definition) is 1. The zero-order valence-electron chi connectivity index (χ0n) is 11.9. The fourth-order valence-electron chi connectivity index (χ4n) is 2.47. The second kappa shape index (κ2) is 6.56. The zero-order valence-corrected chi connectivity index (χ0v) is 11.9. The fraction of sp³-hybridized carbons (Fsp3) is 0.533. The molecule has 1 saturated carbocycles. The van der Waals surface area contributed by atoms with Gasteiger partial charge in [-0.3, -0.25) is 4.79 Å². The maximum absolute atomic E-state index is 12.1. The Labute approximate surface area is 125 Å². The van der Waals surface area contributed by atoms with Gasteiger partial charge in [-0.2, -0.15) is 0 Å². The molecular formula is C15H17F3O4. The molecule has 0 bridgehead atoms. The first-order chi connectivity index (χ1) is 10.3. The summed E-state index contributed by atoms with van der Waals surface area (Å²) in [7, 11) is 0. The number of carbonyl (C=O) groups excluding carboxylic acids is 1. The average Bonchev–Trinajstić information content (AvgIpc) is 2.36. The monoisotopic (exact) mass is 318 g/mol. The number of hydrogen-bond acceptors (Lipinski definition) is 4. The van der Waals surface area contributed by atoms with E-state index in [0.717, 1.165) is 31.4 Å². The Balaban J connectivity index is 1.95. The third-order valence-electron chi connectivity index (χ3n) is 3.42. The molecule has 22 heavy (non-hydrogen) atoms. The van der Waals surface area contributed by atoms with Crippen LogP contribution in [0.5, 0.6) is 5.75 Å². The molecule has 1 fully saturated rings. The zero-order chi connectivity index (χ0) is 16.2. The van der Waals surface area contributed by atoms with Gasteiger partial charge >= 0.3 is 12.3 Å². The summed E-state index contributed by atoms with van der Waals surface area (Å²) in [4.78, 5) is 11.8. The molecule has 4 nitrogen and oxygen atoms in total. The summed E-state index contributed by atoms with van der Waals surface area (Å²) >= 11 is 0. The Hall–Kier alpha value is -1.76. The molecule has 0 unspecified atom stereocenters. The van der Waals surface area contributed by atoms with E-state index in [1.54, 1.807) is 0 Å². The molecule has 0 heterocycles. The number of aliphatic hydroxyl groups is 1. The average molecular weight is 318 g/mol. The van der Waals surface area contributed by atoms with Crippen LogP contribution in [0.25, 0.3) is 0 Å². The lowest BCUT2D eigenvalue weighted by Gasteiger charge is -2.31. The Morgan fingerprint density at radius 1 is 1.23 bits per heavy atom. The van der Waals surface area contributed by atoms with Gasteiger partial charge < -0.3 is 14.6 Å². The molecule has 1 aliphatic rings. The van der Waals surface area contributed by atoms with Gasteiger partial charge in [-0.1, -0.05) is 18.6 Å². The summed E-state index contributed by atoms with van der Waals surface area (Å²) in [5, 5.41) is 10.1. The minimum atomic E-state index is -4.78. The first-order valence-electron chi connectivity index (χ1n) is 7.05. The van der Waals surface area contributed by atoms with Crippen molar-refractivity contribution in [2.24, 2.45) is 0 Å². The maximum atomic E-state index is 12.1. The van der Waals surface area contributed by atoms with Gasteiger partial charge in [0.15, 0.2) is 0 Å². The van der Waals surface area contributed by atoms with Crippen LogP contribution in [0.4, 0.5) is 13.2 Å². The standard InChI is InChI=1S/C15H17F3O4/c16-15(17,18)21-12-6-4-5-11(9-12)10-13(19)22-14(20)7-2-1-3-8-14/h4-6,9,20H,1-3,7-8,10H2. The van der Waals surface area contributed by atoms with Gasteiger partial charge in [-0.15, -0.1) is 13.2 Å². The number of rotatable bonds is 4. The van der Waals surface area contributed by atoms with Crippen LogP contribution in [0.1, 0.15) is 37.7 Å². The number of halogens is 3. The van der Waals surface area contributed by atoms with Crippen molar-refractivity contribution in [3.05, 3.63) is 29.8 Å². The lowest BCUT2D eigenvalue weighted by Crippen LogP contribution is -2.37. The lowest BCUT2D eigenvalue weighted by atomic mass is 9.94. The molecule has 1 N–H and O–H groups in total.